The number of hydrogen-bond donors (Lipinski definition) is 1. The van der Waals surface area contributed by atoms with Gasteiger partial charge in [-0.15, -0.1) is 11.3 Å². The summed E-state index contributed by atoms with van der Waals surface area (Å²) >= 11 is 2.95. The number of thioether (sulfide) groups is 1. The Morgan fingerprint density at radius 1 is 1.09 bits per heavy atom. The van der Waals surface area contributed by atoms with E-state index in [0.29, 0.717) is 31.0 Å². The van der Waals surface area contributed by atoms with Crippen LogP contribution in [0.3, 0.4) is 0 Å². The Balaban J connectivity index is 1.17. The van der Waals surface area contributed by atoms with Gasteiger partial charge in [-0.25, -0.2) is 9.78 Å². The predicted molar refractivity (Wildman–Crippen MR) is 142 cm³/mol. The van der Waals surface area contributed by atoms with Crippen molar-refractivity contribution < 1.29 is 19.4 Å². The van der Waals surface area contributed by atoms with Gasteiger partial charge in [-0.05, 0) is 31.2 Å². The molecular weight excluding hydrogens is 480 g/mol. The molecule has 2 heterocycles. The standard InChI is InChI=1S/C27H38N2O4S2/c30-20-23-15-16-25(31)29(23)17-19-34-27-28-24(21-35-27)26(32)33-18-11-6-4-2-1-3-5-8-12-22-13-9-7-10-14-22/h7,9-10,13-14,21,23,30H,1-6,8,11-12,15-20H2/t23-/m1/s1. The molecule has 1 N–H and O–H groups in total. The second kappa shape index (κ2) is 16.0. The third-order valence-corrected chi connectivity index (χ3v) is 8.35. The van der Waals surface area contributed by atoms with Crippen LogP contribution in [0.25, 0.3) is 0 Å². The zero-order valence-electron chi connectivity index (χ0n) is 20.5. The van der Waals surface area contributed by atoms with Crippen LogP contribution < -0.4 is 0 Å². The minimum atomic E-state index is -0.360. The lowest BCUT2D eigenvalue weighted by Crippen LogP contribution is -2.36. The summed E-state index contributed by atoms with van der Waals surface area (Å²) in [5.41, 5.74) is 1.79. The van der Waals surface area contributed by atoms with Gasteiger partial charge >= 0.3 is 5.97 Å². The van der Waals surface area contributed by atoms with E-state index in [1.807, 2.05) is 0 Å². The average Bonchev–Trinajstić information content (AvgIpc) is 3.50. The molecule has 0 spiro atoms. The van der Waals surface area contributed by atoms with E-state index < -0.39 is 0 Å². The quantitative estimate of drug-likeness (QED) is 0.163. The maximum atomic E-state index is 12.2. The molecule has 192 valence electrons. The SMILES string of the molecule is O=C(OCCCCCCCCCCc1ccccc1)c1csc(SCCN2C(=O)CC[C@@H]2CO)n1. The molecule has 35 heavy (non-hydrogen) atoms. The lowest BCUT2D eigenvalue weighted by molar-refractivity contribution is -0.129. The number of carbonyl (C=O) groups excluding carboxylic acids is 2. The Hall–Kier alpha value is -1.90. The molecule has 1 aliphatic heterocycles. The summed E-state index contributed by atoms with van der Waals surface area (Å²) in [6.45, 7) is 1.04. The molecule has 1 aromatic carbocycles. The molecule has 2 aromatic rings. The first kappa shape index (κ1) is 27.7. The van der Waals surface area contributed by atoms with Crippen LogP contribution in [0, 0.1) is 0 Å². The fourth-order valence-corrected chi connectivity index (χ4v) is 6.12. The number of rotatable bonds is 17. The Morgan fingerprint density at radius 3 is 2.54 bits per heavy atom. The highest BCUT2D eigenvalue weighted by molar-refractivity contribution is 8.01. The molecule has 8 heteroatoms. The van der Waals surface area contributed by atoms with Crippen LogP contribution in [0.15, 0.2) is 40.1 Å². The Kier molecular flexibility index (Phi) is 12.6. The molecule has 3 rings (SSSR count). The van der Waals surface area contributed by atoms with Gasteiger partial charge < -0.3 is 14.7 Å². The number of carbonyl (C=O) groups is 2. The minimum Gasteiger partial charge on any atom is -0.461 e. The monoisotopic (exact) mass is 518 g/mol. The van der Waals surface area contributed by atoms with Crippen molar-refractivity contribution in [3.05, 3.63) is 47.0 Å². The summed E-state index contributed by atoms with van der Waals surface area (Å²) in [6, 6.07) is 10.6. The Bertz CT molecular complexity index is 890. The molecule has 0 radical (unpaired) electrons. The zero-order chi connectivity index (χ0) is 24.7. The molecule has 1 saturated heterocycles. The van der Waals surface area contributed by atoms with Crippen molar-refractivity contribution in [2.24, 2.45) is 0 Å². The third kappa shape index (κ3) is 9.94. The summed E-state index contributed by atoms with van der Waals surface area (Å²) in [6.07, 6.45) is 11.9. The van der Waals surface area contributed by atoms with Gasteiger partial charge in [0.15, 0.2) is 10.0 Å². The van der Waals surface area contributed by atoms with E-state index in [4.69, 9.17) is 4.74 Å². The molecule has 0 unspecified atom stereocenters. The van der Waals surface area contributed by atoms with Crippen molar-refractivity contribution in [1.82, 2.24) is 9.88 Å². The second-order valence-corrected chi connectivity index (χ2v) is 11.2. The first-order chi connectivity index (χ1) is 17.2. The number of benzene rings is 1. The second-order valence-electron chi connectivity index (χ2n) is 9.01. The number of esters is 1. The van der Waals surface area contributed by atoms with Crippen LogP contribution in [-0.4, -0.2) is 58.4 Å². The zero-order valence-corrected chi connectivity index (χ0v) is 22.2. The number of nitrogens with zero attached hydrogens (tertiary/aromatic N) is 2. The molecule has 6 nitrogen and oxygen atoms in total. The smallest absolute Gasteiger partial charge is 0.357 e. The molecule has 1 fully saturated rings. The number of likely N-dealkylation sites (tertiary alicyclic amines) is 1. The topological polar surface area (TPSA) is 79.7 Å². The van der Waals surface area contributed by atoms with Gasteiger partial charge in [0.05, 0.1) is 19.3 Å². The summed E-state index contributed by atoms with van der Waals surface area (Å²) in [4.78, 5) is 30.2. The van der Waals surface area contributed by atoms with E-state index in [2.05, 4.69) is 35.3 Å². The van der Waals surface area contributed by atoms with E-state index >= 15 is 0 Å². The minimum absolute atomic E-state index is 0.0127. The highest BCUT2D eigenvalue weighted by atomic mass is 32.2. The lowest BCUT2D eigenvalue weighted by atomic mass is 10.0. The molecule has 0 bridgehead atoms. The van der Waals surface area contributed by atoms with Gasteiger partial charge in [0.2, 0.25) is 5.91 Å². The van der Waals surface area contributed by atoms with Crippen molar-refractivity contribution in [1.29, 1.82) is 0 Å². The van der Waals surface area contributed by atoms with Crippen LogP contribution in [0.4, 0.5) is 0 Å². The molecule has 1 aromatic heterocycles. The Labute approximate surface area is 217 Å². The predicted octanol–water partition coefficient (Wildman–Crippen LogP) is 5.74. The van der Waals surface area contributed by atoms with E-state index in [1.165, 1.54) is 73.6 Å². The normalized spacial score (nSPS) is 15.6. The molecule has 0 aliphatic carbocycles. The highest BCUT2D eigenvalue weighted by Gasteiger charge is 2.29. The largest absolute Gasteiger partial charge is 0.461 e. The summed E-state index contributed by atoms with van der Waals surface area (Å²) in [5.74, 6) is 0.436. The van der Waals surface area contributed by atoms with Gasteiger partial charge in [-0.2, -0.15) is 0 Å². The number of hydrogen-bond acceptors (Lipinski definition) is 7. The van der Waals surface area contributed by atoms with E-state index in [0.717, 1.165) is 23.6 Å². The maximum Gasteiger partial charge on any atom is 0.357 e. The van der Waals surface area contributed by atoms with Gasteiger partial charge in [0.25, 0.3) is 0 Å². The van der Waals surface area contributed by atoms with Crippen molar-refractivity contribution >= 4 is 35.0 Å². The van der Waals surface area contributed by atoms with Crippen LogP contribution in [0.5, 0.6) is 0 Å². The van der Waals surface area contributed by atoms with Crippen molar-refractivity contribution in [3.63, 3.8) is 0 Å². The third-order valence-electron chi connectivity index (χ3n) is 6.35. The van der Waals surface area contributed by atoms with Crippen molar-refractivity contribution in [3.8, 4) is 0 Å². The molecule has 1 atom stereocenters. The first-order valence-electron chi connectivity index (χ1n) is 12.9. The van der Waals surface area contributed by atoms with Crippen molar-refractivity contribution in [2.75, 3.05) is 25.5 Å². The number of thiazole rings is 1. The van der Waals surface area contributed by atoms with Gasteiger partial charge in [-0.1, -0.05) is 80.6 Å². The first-order valence-corrected chi connectivity index (χ1v) is 14.7. The van der Waals surface area contributed by atoms with Crippen LogP contribution in [0.2, 0.25) is 0 Å². The highest BCUT2D eigenvalue weighted by Crippen LogP contribution is 2.25. The number of aromatic nitrogens is 1. The fourth-order valence-electron chi connectivity index (χ4n) is 4.31. The summed E-state index contributed by atoms with van der Waals surface area (Å²) in [7, 11) is 0. The lowest BCUT2D eigenvalue weighted by Gasteiger charge is -2.22. The van der Waals surface area contributed by atoms with Gasteiger partial charge in [-0.3, -0.25) is 4.79 Å². The fraction of sp³-hybridized carbons (Fsp3) is 0.593. The van der Waals surface area contributed by atoms with Crippen LogP contribution in [0.1, 0.15) is 80.3 Å². The number of ether oxygens (including phenoxy) is 1. The molecule has 1 aliphatic rings. The van der Waals surface area contributed by atoms with Crippen LogP contribution in [-0.2, 0) is 16.0 Å². The Morgan fingerprint density at radius 2 is 1.80 bits per heavy atom. The molecule has 0 saturated carbocycles. The summed E-state index contributed by atoms with van der Waals surface area (Å²) < 4.78 is 6.19. The molecule has 1 amide bonds. The van der Waals surface area contributed by atoms with Crippen LogP contribution >= 0.6 is 23.1 Å². The van der Waals surface area contributed by atoms with E-state index in [1.54, 1.807) is 10.3 Å². The number of unbranched alkanes of at least 4 members (excludes halogenated alkanes) is 7. The maximum absolute atomic E-state index is 12.2. The number of aliphatic hydroxyl groups is 1. The van der Waals surface area contributed by atoms with E-state index in [9.17, 15) is 14.7 Å². The van der Waals surface area contributed by atoms with Gasteiger partial charge in [0, 0.05) is 24.1 Å². The average molecular weight is 519 g/mol. The van der Waals surface area contributed by atoms with E-state index in [-0.39, 0.29) is 24.5 Å². The number of amides is 1. The van der Waals surface area contributed by atoms with Gasteiger partial charge in [0.1, 0.15) is 0 Å². The number of aryl methyl sites for hydroxylation is 1. The molecular formula is C27H38N2O4S2. The summed E-state index contributed by atoms with van der Waals surface area (Å²) in [5, 5.41) is 11.1. The number of aliphatic hydroxyl groups excluding tert-OH is 1. The van der Waals surface area contributed by atoms with Crippen molar-refractivity contribution in [2.45, 2.75) is 81.0 Å².